The predicted octanol–water partition coefficient (Wildman–Crippen LogP) is 2.85. The van der Waals surface area contributed by atoms with E-state index in [4.69, 9.17) is 10.5 Å². The minimum Gasteiger partial charge on any atom is -0.496 e. The summed E-state index contributed by atoms with van der Waals surface area (Å²) >= 11 is 0. The van der Waals surface area contributed by atoms with Crippen LogP contribution in [0, 0.1) is 6.92 Å². The predicted molar refractivity (Wildman–Crippen MR) is 69.1 cm³/mol. The van der Waals surface area contributed by atoms with E-state index in [9.17, 15) is 0 Å². The van der Waals surface area contributed by atoms with Gasteiger partial charge in [0.25, 0.3) is 0 Å². The maximum Gasteiger partial charge on any atom is 0.122 e. The highest BCUT2D eigenvalue weighted by atomic mass is 16.5. The molecule has 0 radical (unpaired) electrons. The first kappa shape index (κ1) is 13.0. The SMILES string of the molecule is CCCc1cc(OC)c(CC(C)N)cc1C. The maximum absolute atomic E-state index is 5.84. The quantitative estimate of drug-likeness (QED) is 0.829. The molecule has 0 bridgehead atoms. The average molecular weight is 221 g/mol. The molecule has 2 heteroatoms. The fourth-order valence-corrected chi connectivity index (χ4v) is 2.03. The van der Waals surface area contributed by atoms with Gasteiger partial charge in [-0.2, -0.15) is 0 Å². The molecule has 0 heterocycles. The van der Waals surface area contributed by atoms with Crippen molar-refractivity contribution in [3.8, 4) is 5.75 Å². The van der Waals surface area contributed by atoms with Gasteiger partial charge in [0.2, 0.25) is 0 Å². The van der Waals surface area contributed by atoms with Crippen LogP contribution in [0.4, 0.5) is 0 Å². The zero-order valence-corrected chi connectivity index (χ0v) is 10.8. The molecule has 90 valence electrons. The topological polar surface area (TPSA) is 35.2 Å². The fraction of sp³-hybridized carbons (Fsp3) is 0.571. The van der Waals surface area contributed by atoms with Gasteiger partial charge in [-0.3, -0.25) is 0 Å². The van der Waals surface area contributed by atoms with E-state index in [-0.39, 0.29) is 6.04 Å². The van der Waals surface area contributed by atoms with Crippen LogP contribution in [0.3, 0.4) is 0 Å². The third-order valence-electron chi connectivity index (χ3n) is 2.80. The third kappa shape index (κ3) is 3.24. The lowest BCUT2D eigenvalue weighted by Crippen LogP contribution is -2.18. The maximum atomic E-state index is 5.84. The highest BCUT2D eigenvalue weighted by Crippen LogP contribution is 2.25. The van der Waals surface area contributed by atoms with Gasteiger partial charge in [-0.25, -0.2) is 0 Å². The van der Waals surface area contributed by atoms with Crippen LogP contribution in [0.1, 0.15) is 37.0 Å². The molecule has 0 aromatic heterocycles. The Morgan fingerprint density at radius 1 is 1.31 bits per heavy atom. The van der Waals surface area contributed by atoms with Crippen LogP contribution in [0.5, 0.6) is 5.75 Å². The van der Waals surface area contributed by atoms with E-state index in [0.717, 1.165) is 25.0 Å². The molecule has 0 saturated heterocycles. The second-order valence-corrected chi connectivity index (χ2v) is 4.52. The summed E-state index contributed by atoms with van der Waals surface area (Å²) < 4.78 is 5.43. The molecule has 1 aromatic rings. The summed E-state index contributed by atoms with van der Waals surface area (Å²) in [5, 5.41) is 0. The molecular formula is C14H23NO. The van der Waals surface area contributed by atoms with Gasteiger partial charge in [-0.05, 0) is 49.4 Å². The van der Waals surface area contributed by atoms with Crippen molar-refractivity contribution in [2.75, 3.05) is 7.11 Å². The number of ether oxygens (including phenoxy) is 1. The van der Waals surface area contributed by atoms with E-state index in [1.165, 1.54) is 16.7 Å². The normalized spacial score (nSPS) is 12.6. The second-order valence-electron chi connectivity index (χ2n) is 4.52. The second kappa shape index (κ2) is 5.90. The van der Waals surface area contributed by atoms with Crippen molar-refractivity contribution in [3.05, 3.63) is 28.8 Å². The van der Waals surface area contributed by atoms with Crippen molar-refractivity contribution in [2.24, 2.45) is 5.73 Å². The van der Waals surface area contributed by atoms with Crippen molar-refractivity contribution >= 4 is 0 Å². The lowest BCUT2D eigenvalue weighted by Gasteiger charge is -2.14. The largest absolute Gasteiger partial charge is 0.496 e. The summed E-state index contributed by atoms with van der Waals surface area (Å²) in [7, 11) is 1.73. The van der Waals surface area contributed by atoms with Crippen molar-refractivity contribution < 1.29 is 4.74 Å². The van der Waals surface area contributed by atoms with Crippen LogP contribution in [-0.2, 0) is 12.8 Å². The molecule has 0 aliphatic heterocycles. The Morgan fingerprint density at radius 2 is 2.00 bits per heavy atom. The number of rotatable bonds is 5. The Labute approximate surface area is 98.8 Å². The van der Waals surface area contributed by atoms with Crippen LogP contribution in [-0.4, -0.2) is 13.2 Å². The van der Waals surface area contributed by atoms with E-state index in [2.05, 4.69) is 26.0 Å². The Balaban J connectivity index is 3.05. The highest BCUT2D eigenvalue weighted by molar-refractivity contribution is 5.42. The van der Waals surface area contributed by atoms with Crippen LogP contribution in [0.15, 0.2) is 12.1 Å². The zero-order valence-electron chi connectivity index (χ0n) is 10.8. The number of hydrogen-bond acceptors (Lipinski definition) is 2. The molecule has 0 spiro atoms. The summed E-state index contributed by atoms with van der Waals surface area (Å²) in [4.78, 5) is 0. The summed E-state index contributed by atoms with van der Waals surface area (Å²) in [5.74, 6) is 0.978. The number of benzene rings is 1. The van der Waals surface area contributed by atoms with Crippen molar-refractivity contribution in [2.45, 2.75) is 46.1 Å². The van der Waals surface area contributed by atoms with Gasteiger partial charge >= 0.3 is 0 Å². The molecule has 0 fully saturated rings. The molecule has 0 amide bonds. The number of hydrogen-bond donors (Lipinski definition) is 1. The Kier molecular flexibility index (Phi) is 4.81. The van der Waals surface area contributed by atoms with E-state index in [0.29, 0.717) is 0 Å². The van der Waals surface area contributed by atoms with Crippen LogP contribution < -0.4 is 10.5 Å². The molecule has 1 unspecified atom stereocenters. The summed E-state index contributed by atoms with van der Waals surface area (Å²) in [6.07, 6.45) is 3.15. The Morgan fingerprint density at radius 3 is 2.50 bits per heavy atom. The molecule has 2 N–H and O–H groups in total. The molecule has 0 saturated carbocycles. The first-order valence-electron chi connectivity index (χ1n) is 6.00. The molecule has 1 aromatic carbocycles. The van der Waals surface area contributed by atoms with E-state index in [1.807, 2.05) is 6.92 Å². The Bertz CT molecular complexity index is 345. The van der Waals surface area contributed by atoms with Crippen LogP contribution >= 0.6 is 0 Å². The van der Waals surface area contributed by atoms with Crippen LogP contribution in [0.2, 0.25) is 0 Å². The number of methoxy groups -OCH3 is 1. The van der Waals surface area contributed by atoms with Gasteiger partial charge in [0, 0.05) is 6.04 Å². The summed E-state index contributed by atoms with van der Waals surface area (Å²) in [6, 6.07) is 4.55. The van der Waals surface area contributed by atoms with E-state index >= 15 is 0 Å². The monoisotopic (exact) mass is 221 g/mol. The lowest BCUT2D eigenvalue weighted by atomic mass is 9.97. The molecule has 2 nitrogen and oxygen atoms in total. The minimum absolute atomic E-state index is 0.172. The van der Waals surface area contributed by atoms with Gasteiger partial charge in [0.05, 0.1) is 7.11 Å². The third-order valence-corrected chi connectivity index (χ3v) is 2.80. The van der Waals surface area contributed by atoms with Crippen molar-refractivity contribution in [1.82, 2.24) is 0 Å². The van der Waals surface area contributed by atoms with Gasteiger partial charge in [0.15, 0.2) is 0 Å². The molecule has 0 aliphatic carbocycles. The standard InChI is InChI=1S/C14H23NO/c1-5-6-12-9-14(16-4)13(7-10(12)2)8-11(3)15/h7,9,11H,5-6,8,15H2,1-4H3. The Hall–Kier alpha value is -1.02. The van der Waals surface area contributed by atoms with Crippen molar-refractivity contribution in [1.29, 1.82) is 0 Å². The van der Waals surface area contributed by atoms with Gasteiger partial charge in [0.1, 0.15) is 5.75 Å². The smallest absolute Gasteiger partial charge is 0.122 e. The first-order chi connectivity index (χ1) is 7.58. The van der Waals surface area contributed by atoms with Gasteiger partial charge < -0.3 is 10.5 Å². The number of nitrogens with two attached hydrogens (primary N) is 1. The molecular weight excluding hydrogens is 198 g/mol. The lowest BCUT2D eigenvalue weighted by molar-refractivity contribution is 0.407. The molecule has 0 aliphatic rings. The van der Waals surface area contributed by atoms with E-state index in [1.54, 1.807) is 7.11 Å². The van der Waals surface area contributed by atoms with Gasteiger partial charge in [-0.15, -0.1) is 0 Å². The fourth-order valence-electron chi connectivity index (χ4n) is 2.03. The average Bonchev–Trinajstić information content (AvgIpc) is 2.21. The minimum atomic E-state index is 0.172. The van der Waals surface area contributed by atoms with Gasteiger partial charge in [-0.1, -0.05) is 19.4 Å². The van der Waals surface area contributed by atoms with E-state index < -0.39 is 0 Å². The molecule has 1 atom stereocenters. The summed E-state index contributed by atoms with van der Waals surface area (Å²) in [5.41, 5.74) is 9.78. The zero-order chi connectivity index (χ0) is 12.1. The molecule has 1 rings (SSSR count). The first-order valence-corrected chi connectivity index (χ1v) is 6.00. The number of aryl methyl sites for hydroxylation is 2. The van der Waals surface area contributed by atoms with Crippen LogP contribution in [0.25, 0.3) is 0 Å². The highest BCUT2D eigenvalue weighted by Gasteiger charge is 2.09. The van der Waals surface area contributed by atoms with Crippen molar-refractivity contribution in [3.63, 3.8) is 0 Å². The molecule has 16 heavy (non-hydrogen) atoms. The summed E-state index contributed by atoms with van der Waals surface area (Å²) in [6.45, 7) is 6.38.